The standard InChI is InChI=1S/C19H27N3OS/c1-16-10-14-24-18(16)15-22-19(20-2)21-11-6-12-23-13-9-17-7-4-3-5-8-17/h3-5,7-8,10,14H,6,9,11-13,15H2,1-2H3,(H2,20,21,22). The number of thiophene rings is 1. The van der Waals surface area contributed by atoms with Gasteiger partial charge in [0, 0.05) is 25.1 Å². The molecule has 0 spiro atoms. The third kappa shape index (κ3) is 6.72. The molecule has 1 aromatic carbocycles. The average Bonchev–Trinajstić information content (AvgIpc) is 3.02. The van der Waals surface area contributed by atoms with Gasteiger partial charge in [-0.15, -0.1) is 11.3 Å². The second-order valence-electron chi connectivity index (χ2n) is 5.58. The molecule has 0 atom stereocenters. The van der Waals surface area contributed by atoms with E-state index in [0.29, 0.717) is 0 Å². The zero-order valence-corrected chi connectivity index (χ0v) is 15.4. The summed E-state index contributed by atoms with van der Waals surface area (Å²) in [4.78, 5) is 5.60. The summed E-state index contributed by atoms with van der Waals surface area (Å²) < 4.78 is 5.69. The lowest BCUT2D eigenvalue weighted by Gasteiger charge is -2.11. The SMILES string of the molecule is CN=C(NCCCOCCc1ccccc1)NCc1sccc1C. The van der Waals surface area contributed by atoms with Crippen LogP contribution >= 0.6 is 11.3 Å². The lowest BCUT2D eigenvalue weighted by atomic mass is 10.2. The largest absolute Gasteiger partial charge is 0.381 e. The molecule has 2 N–H and O–H groups in total. The first-order valence-corrected chi connectivity index (χ1v) is 9.26. The Kier molecular flexibility index (Phi) is 8.35. The molecule has 0 unspecified atom stereocenters. The molecule has 24 heavy (non-hydrogen) atoms. The first-order chi connectivity index (χ1) is 11.8. The monoisotopic (exact) mass is 345 g/mol. The molecular formula is C19H27N3OS. The van der Waals surface area contributed by atoms with Crippen LogP contribution in [0.2, 0.25) is 0 Å². The average molecular weight is 346 g/mol. The van der Waals surface area contributed by atoms with E-state index in [-0.39, 0.29) is 0 Å². The Morgan fingerprint density at radius 1 is 1.12 bits per heavy atom. The number of hydrogen-bond donors (Lipinski definition) is 2. The zero-order valence-electron chi connectivity index (χ0n) is 14.5. The summed E-state index contributed by atoms with van der Waals surface area (Å²) in [5.41, 5.74) is 2.65. The van der Waals surface area contributed by atoms with E-state index in [1.807, 2.05) is 6.07 Å². The number of aryl methyl sites for hydroxylation is 1. The molecule has 1 aromatic heterocycles. The minimum absolute atomic E-state index is 0.765. The van der Waals surface area contributed by atoms with Crippen LogP contribution in [0.3, 0.4) is 0 Å². The van der Waals surface area contributed by atoms with Gasteiger partial charge in [0.1, 0.15) is 0 Å². The molecule has 1 heterocycles. The number of aliphatic imine (C=N–C) groups is 1. The van der Waals surface area contributed by atoms with Gasteiger partial charge in [0.25, 0.3) is 0 Å². The smallest absolute Gasteiger partial charge is 0.191 e. The summed E-state index contributed by atoms with van der Waals surface area (Å²) in [6, 6.07) is 12.6. The van der Waals surface area contributed by atoms with Crippen molar-refractivity contribution in [3.8, 4) is 0 Å². The molecule has 0 aliphatic rings. The van der Waals surface area contributed by atoms with E-state index in [9.17, 15) is 0 Å². The van der Waals surface area contributed by atoms with Gasteiger partial charge in [-0.1, -0.05) is 30.3 Å². The Hall–Kier alpha value is -1.85. The number of nitrogens with zero attached hydrogens (tertiary/aromatic N) is 1. The maximum Gasteiger partial charge on any atom is 0.191 e. The highest BCUT2D eigenvalue weighted by atomic mass is 32.1. The summed E-state index contributed by atoms with van der Waals surface area (Å²) in [5.74, 6) is 0.840. The molecule has 0 aliphatic carbocycles. The van der Waals surface area contributed by atoms with Gasteiger partial charge < -0.3 is 15.4 Å². The summed E-state index contributed by atoms with van der Waals surface area (Å²) in [5, 5.41) is 8.79. The van der Waals surface area contributed by atoms with Crippen molar-refractivity contribution in [2.24, 2.45) is 4.99 Å². The second-order valence-corrected chi connectivity index (χ2v) is 6.58. The van der Waals surface area contributed by atoms with Crippen LogP contribution in [0.15, 0.2) is 46.8 Å². The number of hydrogen-bond acceptors (Lipinski definition) is 3. The van der Waals surface area contributed by atoms with Crippen LogP contribution in [0.1, 0.15) is 22.4 Å². The van der Waals surface area contributed by atoms with Gasteiger partial charge in [-0.05, 0) is 42.3 Å². The Balaban J connectivity index is 1.52. The van der Waals surface area contributed by atoms with E-state index < -0.39 is 0 Å². The molecule has 2 rings (SSSR count). The Labute approximate surface area is 149 Å². The normalized spacial score (nSPS) is 11.5. The van der Waals surface area contributed by atoms with Crippen LogP contribution in [0, 0.1) is 6.92 Å². The lowest BCUT2D eigenvalue weighted by Crippen LogP contribution is -2.37. The third-order valence-electron chi connectivity index (χ3n) is 3.74. The van der Waals surface area contributed by atoms with Crippen molar-refractivity contribution < 1.29 is 4.74 Å². The summed E-state index contributed by atoms with van der Waals surface area (Å²) >= 11 is 1.77. The van der Waals surface area contributed by atoms with Crippen molar-refractivity contribution in [2.45, 2.75) is 26.3 Å². The van der Waals surface area contributed by atoms with Gasteiger partial charge in [0.2, 0.25) is 0 Å². The number of rotatable bonds is 9. The first-order valence-electron chi connectivity index (χ1n) is 8.38. The number of benzene rings is 1. The second kappa shape index (κ2) is 10.8. The van der Waals surface area contributed by atoms with Crippen LogP contribution in [-0.4, -0.2) is 32.8 Å². The molecule has 0 bridgehead atoms. The highest BCUT2D eigenvalue weighted by Gasteiger charge is 2.01. The maximum absolute atomic E-state index is 5.69. The van der Waals surface area contributed by atoms with Gasteiger partial charge in [-0.25, -0.2) is 0 Å². The van der Waals surface area contributed by atoms with Gasteiger partial charge in [0.15, 0.2) is 5.96 Å². The summed E-state index contributed by atoms with van der Waals surface area (Å²) in [6.07, 6.45) is 1.94. The maximum atomic E-state index is 5.69. The Morgan fingerprint density at radius 3 is 2.67 bits per heavy atom. The molecular weight excluding hydrogens is 318 g/mol. The highest BCUT2D eigenvalue weighted by molar-refractivity contribution is 7.10. The lowest BCUT2D eigenvalue weighted by molar-refractivity contribution is 0.135. The molecule has 4 nitrogen and oxygen atoms in total. The van der Waals surface area contributed by atoms with Gasteiger partial charge in [-0.3, -0.25) is 4.99 Å². The van der Waals surface area contributed by atoms with Crippen molar-refractivity contribution in [1.29, 1.82) is 0 Å². The van der Waals surface area contributed by atoms with Crippen LogP contribution < -0.4 is 10.6 Å². The minimum Gasteiger partial charge on any atom is -0.381 e. The van der Waals surface area contributed by atoms with Crippen molar-refractivity contribution in [2.75, 3.05) is 26.8 Å². The van der Waals surface area contributed by atoms with E-state index >= 15 is 0 Å². The molecule has 2 aromatic rings. The van der Waals surface area contributed by atoms with Crippen molar-refractivity contribution in [3.63, 3.8) is 0 Å². The van der Waals surface area contributed by atoms with Gasteiger partial charge in [0.05, 0.1) is 13.2 Å². The topological polar surface area (TPSA) is 45.7 Å². The van der Waals surface area contributed by atoms with Gasteiger partial charge >= 0.3 is 0 Å². The van der Waals surface area contributed by atoms with Crippen molar-refractivity contribution in [1.82, 2.24) is 10.6 Å². The van der Waals surface area contributed by atoms with Crippen LogP contribution in [0.4, 0.5) is 0 Å². The molecule has 0 amide bonds. The molecule has 0 radical (unpaired) electrons. The fraction of sp³-hybridized carbons (Fsp3) is 0.421. The molecule has 5 heteroatoms. The Morgan fingerprint density at radius 2 is 1.96 bits per heavy atom. The van der Waals surface area contributed by atoms with E-state index in [4.69, 9.17) is 4.74 Å². The van der Waals surface area contributed by atoms with Crippen LogP contribution in [0.5, 0.6) is 0 Å². The third-order valence-corrected chi connectivity index (χ3v) is 4.77. The van der Waals surface area contributed by atoms with Crippen molar-refractivity contribution in [3.05, 3.63) is 57.8 Å². The first kappa shape index (κ1) is 18.5. The zero-order chi connectivity index (χ0) is 17.0. The quantitative estimate of drug-likeness (QED) is 0.416. The van der Waals surface area contributed by atoms with Gasteiger partial charge in [-0.2, -0.15) is 0 Å². The Bertz CT molecular complexity index is 610. The van der Waals surface area contributed by atoms with E-state index in [2.05, 4.69) is 58.3 Å². The molecule has 0 fully saturated rings. The summed E-state index contributed by atoms with van der Waals surface area (Å²) in [7, 11) is 1.80. The summed E-state index contributed by atoms with van der Waals surface area (Å²) in [6.45, 7) is 5.34. The van der Waals surface area contributed by atoms with E-state index in [0.717, 1.165) is 45.1 Å². The minimum atomic E-state index is 0.765. The van der Waals surface area contributed by atoms with Crippen LogP contribution in [0.25, 0.3) is 0 Å². The number of guanidine groups is 1. The fourth-order valence-electron chi connectivity index (χ4n) is 2.29. The number of nitrogens with one attached hydrogen (secondary N) is 2. The highest BCUT2D eigenvalue weighted by Crippen LogP contribution is 2.14. The predicted molar refractivity (Wildman–Crippen MR) is 103 cm³/mol. The molecule has 0 saturated carbocycles. The van der Waals surface area contributed by atoms with E-state index in [1.165, 1.54) is 16.0 Å². The number of ether oxygens (including phenoxy) is 1. The predicted octanol–water partition coefficient (Wildman–Crippen LogP) is 3.37. The van der Waals surface area contributed by atoms with Crippen LogP contribution in [-0.2, 0) is 17.7 Å². The molecule has 130 valence electrons. The van der Waals surface area contributed by atoms with Crippen molar-refractivity contribution >= 4 is 17.3 Å². The van der Waals surface area contributed by atoms with E-state index in [1.54, 1.807) is 18.4 Å². The molecule has 0 saturated heterocycles. The fourth-order valence-corrected chi connectivity index (χ4v) is 3.13. The molecule has 0 aliphatic heterocycles.